The zero-order chi connectivity index (χ0) is 96.0. The molecule has 5 radical (unpaired) electrons. The van der Waals surface area contributed by atoms with Crippen LogP contribution in [0.5, 0.6) is 0 Å². The van der Waals surface area contributed by atoms with Crippen molar-refractivity contribution in [1.29, 1.82) is 0 Å². The Bertz CT molecular complexity index is 6400. The van der Waals surface area contributed by atoms with E-state index >= 15 is 0 Å². The van der Waals surface area contributed by atoms with Crippen molar-refractivity contribution in [1.82, 2.24) is 24.9 Å². The van der Waals surface area contributed by atoms with Crippen LogP contribution in [0.15, 0.2) is 326 Å². The molecule has 5 aromatic heterocycles. The fourth-order valence-corrected chi connectivity index (χ4v) is 11.4. The predicted molar refractivity (Wildman–Crippen MR) is 485 cm³/mol. The van der Waals surface area contributed by atoms with Gasteiger partial charge in [-0.1, -0.05) is 157 Å². The number of aryl methyl sites for hydroxylation is 1. The van der Waals surface area contributed by atoms with Gasteiger partial charge in [0.1, 0.15) is 0 Å². The molecule has 15 nitrogen and oxygen atoms in total. The molecule has 0 spiro atoms. The molecule has 0 aliphatic carbocycles. The number of aliphatic hydroxyl groups is 5. The van der Waals surface area contributed by atoms with Gasteiger partial charge in [0.2, 0.25) is 0 Å². The maximum Gasteiger partial charge on any atom is 0.399 e. The Balaban J connectivity index is 0.000000770. The van der Waals surface area contributed by atoms with Gasteiger partial charge in [-0.15, -0.1) is 138 Å². The Kier molecular flexibility index (Phi) is 53.2. The van der Waals surface area contributed by atoms with Crippen LogP contribution in [-0.2, 0) is 143 Å². The fourth-order valence-electron chi connectivity index (χ4n) is 11.4. The molecule has 0 aliphatic heterocycles. The van der Waals surface area contributed by atoms with Crippen LogP contribution in [0.25, 0.3) is 111 Å². The number of aliphatic hydroxyl groups excluding tert-OH is 5. The molecule has 5 heterocycles. The van der Waals surface area contributed by atoms with Crippen LogP contribution in [0.2, 0.25) is 0 Å². The maximum absolute atomic E-state index is 13.6. The van der Waals surface area contributed by atoms with Crippen molar-refractivity contribution >= 4 is 83.4 Å². The van der Waals surface area contributed by atoms with Crippen LogP contribution >= 0.6 is 0 Å². The molecule has 31 heteroatoms. The number of allylic oxidation sites excluding steroid dienone is 10. The van der Waals surface area contributed by atoms with Crippen molar-refractivity contribution in [3.63, 3.8) is 0 Å². The zero-order valence-electron chi connectivity index (χ0n) is 73.6. The van der Waals surface area contributed by atoms with Crippen molar-refractivity contribution < 1.29 is 198 Å². The smallest absolute Gasteiger partial charge is 0.399 e. The number of carbonyl (C=O) groups excluding carboxylic acids is 5. The van der Waals surface area contributed by atoms with Gasteiger partial charge in [0.25, 0.3) is 0 Å². The molecule has 0 unspecified atom stereocenters. The van der Waals surface area contributed by atoms with Crippen LogP contribution in [0, 0.1) is 48.9 Å². The number of pyridine rings is 5. The molecule has 0 atom stereocenters. The molecular weight excluding hydrogens is 2650 g/mol. The molecule has 15 rings (SSSR count). The largest absolute Gasteiger partial charge is 0.512 e. The Morgan fingerprint density at radius 1 is 0.296 bits per heavy atom. The van der Waals surface area contributed by atoms with E-state index in [-0.39, 0.29) is 175 Å². The number of fused-ring (bicyclic) bond motifs is 5. The SMILES string of the molecule is CC(=O)C=C(C)O.CC(=O)C=C(C)O.CC(=O)C=C(C)O.CC(=O)C=C(C)O.CC(=O)C=C(C)O.Cc1cc(-c2[c-]cccc2)nc2ccccc12.FC(F)(F)c1c[c-]c(-c2ccc3ccccc3n2)cc1.FC(F)(F)c1cc[c-]c(-c2ccc3ccccc3n2)c1.FC(F)(F)c1ccc[c-]c1-c1ccc2ccccc2n1.Fc1c[c-]c(-c2ccc3ccccc3n2)c(F)c1.[Ir].[Ir].[Ir].[Ir].[Ir]. The first-order chi connectivity index (χ1) is 61.3. The van der Waals surface area contributed by atoms with E-state index in [9.17, 15) is 72.3 Å². The molecule has 10 aromatic carbocycles. The number of alkyl halides is 9. The minimum absolute atomic E-state index is 0. The Labute approximate surface area is 841 Å². The van der Waals surface area contributed by atoms with Gasteiger partial charge in [-0.2, -0.15) is 39.5 Å². The average molecular weight is 2740 g/mol. The topological polar surface area (TPSA) is 251 Å². The van der Waals surface area contributed by atoms with Crippen molar-refractivity contribution in [3.8, 4) is 56.3 Å². The molecule has 5 N–H and O–H groups in total. The molecule has 15 aromatic rings. The van der Waals surface area contributed by atoms with Gasteiger partial charge in [0.15, 0.2) is 28.9 Å². The number of benzene rings is 10. The summed E-state index contributed by atoms with van der Waals surface area (Å²) in [6.45, 7) is 16.4. The molecule has 0 fully saturated rings. The van der Waals surface area contributed by atoms with Crippen molar-refractivity contribution in [2.75, 3.05) is 0 Å². The monoisotopic (exact) mass is 2740 g/mol. The number of ketones is 5. The maximum atomic E-state index is 13.6. The first-order valence-electron chi connectivity index (χ1n) is 39.1. The van der Waals surface area contributed by atoms with Gasteiger partial charge in [-0.05, 0) is 179 Å². The Morgan fingerprint density at radius 2 is 0.644 bits per heavy atom. The number of para-hydroxylation sites is 5. The first-order valence-corrected chi connectivity index (χ1v) is 39.1. The second-order valence-corrected chi connectivity index (χ2v) is 28.1. The number of halogens is 11. The van der Waals surface area contributed by atoms with E-state index in [2.05, 4.69) is 80.4 Å². The predicted octanol–water partition coefficient (Wildman–Crippen LogP) is 27.3. The molecular formula is C104H87F11Ir5N5O10-5. The quantitative estimate of drug-likeness (QED) is 0.0369. The van der Waals surface area contributed by atoms with Crippen molar-refractivity contribution in [3.05, 3.63) is 390 Å². The average Bonchev–Trinajstić information content (AvgIpc) is 0.760. The van der Waals surface area contributed by atoms with E-state index in [1.165, 1.54) is 135 Å². The summed E-state index contributed by atoms with van der Waals surface area (Å²) >= 11 is 0. The molecule has 0 amide bonds. The Morgan fingerprint density at radius 3 is 1.01 bits per heavy atom. The minimum Gasteiger partial charge on any atom is -0.512 e. The minimum atomic E-state index is -4.42. The number of hydrogen-bond acceptors (Lipinski definition) is 15. The van der Waals surface area contributed by atoms with E-state index in [1.54, 1.807) is 42.5 Å². The summed E-state index contributed by atoms with van der Waals surface area (Å²) in [5.41, 5.74) is 8.05. The van der Waals surface area contributed by atoms with Crippen LogP contribution in [0.4, 0.5) is 48.3 Å². The summed E-state index contributed by atoms with van der Waals surface area (Å²) in [7, 11) is 0. The van der Waals surface area contributed by atoms with E-state index in [0.29, 0.717) is 33.7 Å². The molecule has 0 saturated heterocycles. The molecule has 715 valence electrons. The summed E-state index contributed by atoms with van der Waals surface area (Å²) in [4.78, 5) is 72.2. The van der Waals surface area contributed by atoms with Crippen LogP contribution in [-0.4, -0.2) is 79.4 Å². The summed E-state index contributed by atoms with van der Waals surface area (Å²) < 4.78 is 141. The summed E-state index contributed by atoms with van der Waals surface area (Å²) in [6.07, 6.45) is -7.28. The van der Waals surface area contributed by atoms with Crippen LogP contribution in [0.3, 0.4) is 0 Å². The number of rotatable bonds is 10. The second kappa shape index (κ2) is 59.5. The molecule has 0 bridgehead atoms. The third kappa shape index (κ3) is 43.3. The van der Waals surface area contributed by atoms with Crippen LogP contribution < -0.4 is 0 Å². The Hall–Kier alpha value is -12.2. The number of carbonyl (C=O) groups is 5. The van der Waals surface area contributed by atoms with Gasteiger partial charge in [-0.3, -0.25) is 57.7 Å². The normalized spacial score (nSPS) is 11.0. The molecule has 0 aliphatic rings. The van der Waals surface area contributed by atoms with Gasteiger partial charge < -0.3 is 25.5 Å². The van der Waals surface area contributed by atoms with Crippen LogP contribution in [0.1, 0.15) is 91.5 Å². The first kappa shape index (κ1) is 121. The van der Waals surface area contributed by atoms with Crippen molar-refractivity contribution in [2.45, 2.75) is 94.7 Å². The number of hydrogen-bond donors (Lipinski definition) is 5. The number of aromatic nitrogens is 5. The fraction of sp³-hybridized carbons (Fsp3) is 0.135. The molecule has 135 heavy (non-hydrogen) atoms. The standard InChI is InChI=1S/3C16H9F3N.C16H12N.C15H8F2N.5C5H8O2.5Ir/c17-16(18,19)13-7-3-2-6-12(13)15-10-9-11-5-1-4-8-14(11)20-15;17-16(18,19)13-6-3-5-12(10-13)15-9-8-11-4-1-2-7-14(11)20-15;17-16(18,19)13-8-5-12(6-9-13)15-10-7-11-3-1-2-4-14(11)20-15;1-12-11-16(13-7-3-2-4-8-13)17-15-10-6-5-9-14(12)15;16-11-6-7-12(13(17)9-11)15-8-5-10-3-1-2-4-14(10)18-15;5*1-4(6)3-5(2)7;;;;;/h1-5,7-10H;1-4,6-10H;1-5,7-10H;2-7,9-11H,1H3;1-6,8-9H;5*3,6H,1-2H3;;;;;/q5*-1;;;;;;;;;;. The molecule has 0 saturated carbocycles. The second-order valence-electron chi connectivity index (χ2n) is 28.1. The van der Waals surface area contributed by atoms with Gasteiger partial charge in [0, 0.05) is 148 Å². The van der Waals surface area contributed by atoms with Gasteiger partial charge in [0.05, 0.1) is 56.4 Å². The van der Waals surface area contributed by atoms with Gasteiger partial charge in [-0.25, -0.2) is 0 Å². The third-order valence-corrected chi connectivity index (χ3v) is 16.7. The van der Waals surface area contributed by atoms with E-state index in [4.69, 9.17) is 25.5 Å². The summed E-state index contributed by atoms with van der Waals surface area (Å²) in [6, 6.07) is 88.7. The van der Waals surface area contributed by atoms with E-state index in [0.717, 1.165) is 97.3 Å². The van der Waals surface area contributed by atoms with E-state index in [1.807, 2.05) is 140 Å². The summed E-state index contributed by atoms with van der Waals surface area (Å²) in [5, 5.41) is 46.8. The van der Waals surface area contributed by atoms with E-state index < -0.39 is 46.9 Å². The number of nitrogens with zero attached hydrogens (tertiary/aromatic N) is 5. The summed E-state index contributed by atoms with van der Waals surface area (Å²) in [5.74, 6) is -1.61. The van der Waals surface area contributed by atoms with Gasteiger partial charge >= 0.3 is 18.5 Å². The van der Waals surface area contributed by atoms with Crippen molar-refractivity contribution in [2.24, 2.45) is 0 Å². The zero-order valence-corrected chi connectivity index (χ0v) is 85.6. The third-order valence-electron chi connectivity index (χ3n) is 16.7.